The maximum Gasteiger partial charge on any atom is 0.123 e. The third kappa shape index (κ3) is 3.12. The first-order valence-electron chi connectivity index (χ1n) is 6.23. The molecule has 2 rings (SSSR count). The second kappa shape index (κ2) is 6.34. The minimum Gasteiger partial charge on any atom is -0.496 e. The highest BCUT2D eigenvalue weighted by Gasteiger charge is 2.22. The summed E-state index contributed by atoms with van der Waals surface area (Å²) in [6, 6.07) is 4.67. The quantitative estimate of drug-likeness (QED) is 0.889. The summed E-state index contributed by atoms with van der Waals surface area (Å²) in [5.41, 5.74) is 0.886. The first kappa shape index (κ1) is 13.6. The van der Waals surface area contributed by atoms with E-state index in [-0.39, 0.29) is 11.9 Å². The van der Waals surface area contributed by atoms with Crippen LogP contribution in [0.4, 0.5) is 4.39 Å². The molecule has 1 aliphatic heterocycles. The second-order valence-corrected chi connectivity index (χ2v) is 5.15. The molecular formula is C14H17BrFNO. The van der Waals surface area contributed by atoms with Crippen LogP contribution in [0.25, 0.3) is 0 Å². The molecule has 0 bridgehead atoms. The number of hydrogen-bond acceptors (Lipinski definition) is 2. The van der Waals surface area contributed by atoms with Gasteiger partial charge in [0.1, 0.15) is 11.6 Å². The summed E-state index contributed by atoms with van der Waals surface area (Å²) in [6.07, 6.45) is 4.02. The first-order chi connectivity index (χ1) is 8.72. The van der Waals surface area contributed by atoms with Crippen LogP contribution in [0.5, 0.6) is 0 Å². The minimum atomic E-state index is -0.227. The maximum atomic E-state index is 13.4. The Balaban J connectivity index is 2.29. The van der Waals surface area contributed by atoms with E-state index in [9.17, 15) is 4.39 Å². The smallest absolute Gasteiger partial charge is 0.123 e. The van der Waals surface area contributed by atoms with Crippen LogP contribution < -0.4 is 5.32 Å². The average molecular weight is 314 g/mol. The van der Waals surface area contributed by atoms with E-state index in [1.165, 1.54) is 6.07 Å². The largest absolute Gasteiger partial charge is 0.496 e. The number of benzene rings is 1. The average Bonchev–Trinajstić information content (AvgIpc) is 2.88. The van der Waals surface area contributed by atoms with Crippen molar-refractivity contribution in [3.8, 4) is 0 Å². The van der Waals surface area contributed by atoms with Gasteiger partial charge < -0.3 is 10.1 Å². The van der Waals surface area contributed by atoms with Gasteiger partial charge in [0, 0.05) is 10.9 Å². The monoisotopic (exact) mass is 313 g/mol. The van der Waals surface area contributed by atoms with Crippen LogP contribution in [0, 0.1) is 5.82 Å². The van der Waals surface area contributed by atoms with E-state index in [0.29, 0.717) is 6.61 Å². The zero-order valence-corrected chi connectivity index (χ0v) is 12.0. The number of nitrogens with one attached hydrogen (secondary N) is 1. The summed E-state index contributed by atoms with van der Waals surface area (Å²) in [7, 11) is 0. The molecule has 0 fully saturated rings. The number of rotatable bonds is 5. The van der Waals surface area contributed by atoms with E-state index in [0.717, 1.165) is 35.2 Å². The Morgan fingerprint density at radius 2 is 2.33 bits per heavy atom. The molecule has 0 saturated carbocycles. The van der Waals surface area contributed by atoms with Crippen molar-refractivity contribution in [2.45, 2.75) is 25.8 Å². The van der Waals surface area contributed by atoms with Crippen LogP contribution >= 0.6 is 15.9 Å². The molecule has 1 heterocycles. The summed E-state index contributed by atoms with van der Waals surface area (Å²) in [5.74, 6) is 0.671. The normalized spacial score (nSPS) is 16.3. The second-order valence-electron chi connectivity index (χ2n) is 4.30. The molecule has 0 radical (unpaired) electrons. The molecule has 1 atom stereocenters. The van der Waals surface area contributed by atoms with Gasteiger partial charge in [-0.2, -0.15) is 0 Å². The number of halogens is 2. The van der Waals surface area contributed by atoms with E-state index in [4.69, 9.17) is 4.74 Å². The summed E-state index contributed by atoms with van der Waals surface area (Å²) in [6.45, 7) is 3.69. The van der Waals surface area contributed by atoms with Crippen molar-refractivity contribution in [3.05, 3.63) is 45.9 Å². The van der Waals surface area contributed by atoms with E-state index < -0.39 is 0 Å². The van der Waals surface area contributed by atoms with Crippen molar-refractivity contribution >= 4 is 15.9 Å². The first-order valence-corrected chi connectivity index (χ1v) is 7.03. The van der Waals surface area contributed by atoms with Gasteiger partial charge in [-0.15, -0.1) is 0 Å². The Labute approximate surface area is 115 Å². The summed E-state index contributed by atoms with van der Waals surface area (Å²) < 4.78 is 19.9. The lowest BCUT2D eigenvalue weighted by Gasteiger charge is -2.21. The van der Waals surface area contributed by atoms with Crippen LogP contribution in [0.2, 0.25) is 0 Å². The maximum absolute atomic E-state index is 13.4. The predicted molar refractivity (Wildman–Crippen MR) is 73.8 cm³/mol. The van der Waals surface area contributed by atoms with Gasteiger partial charge in [0.25, 0.3) is 0 Å². The summed E-state index contributed by atoms with van der Waals surface area (Å²) in [4.78, 5) is 0. The Morgan fingerprint density at radius 1 is 1.50 bits per heavy atom. The molecule has 1 unspecified atom stereocenters. The van der Waals surface area contributed by atoms with Crippen LogP contribution in [-0.2, 0) is 4.74 Å². The highest BCUT2D eigenvalue weighted by atomic mass is 79.9. The lowest BCUT2D eigenvalue weighted by atomic mass is 10.0. The zero-order valence-electron chi connectivity index (χ0n) is 10.4. The highest BCUT2D eigenvalue weighted by Crippen LogP contribution is 2.32. The third-order valence-corrected chi connectivity index (χ3v) is 3.61. The van der Waals surface area contributed by atoms with E-state index in [1.807, 2.05) is 0 Å². The Kier molecular flexibility index (Phi) is 4.78. The zero-order chi connectivity index (χ0) is 13.0. The molecule has 2 nitrogen and oxygen atoms in total. The minimum absolute atomic E-state index is 0.0717. The molecule has 0 saturated heterocycles. The lowest BCUT2D eigenvalue weighted by Crippen LogP contribution is -2.24. The van der Waals surface area contributed by atoms with Crippen molar-refractivity contribution in [1.82, 2.24) is 5.32 Å². The molecule has 1 aromatic rings. The van der Waals surface area contributed by atoms with Gasteiger partial charge in [0.15, 0.2) is 0 Å². The summed E-state index contributed by atoms with van der Waals surface area (Å²) in [5, 5.41) is 3.41. The third-order valence-electron chi connectivity index (χ3n) is 2.88. The lowest BCUT2D eigenvalue weighted by molar-refractivity contribution is 0.215. The number of hydrogen-bond donors (Lipinski definition) is 1. The van der Waals surface area contributed by atoms with Gasteiger partial charge >= 0.3 is 0 Å². The molecule has 1 aromatic carbocycles. The van der Waals surface area contributed by atoms with Gasteiger partial charge in [0.05, 0.1) is 12.6 Å². The van der Waals surface area contributed by atoms with E-state index >= 15 is 0 Å². The van der Waals surface area contributed by atoms with Gasteiger partial charge in [-0.25, -0.2) is 4.39 Å². The van der Waals surface area contributed by atoms with Gasteiger partial charge in [-0.3, -0.25) is 0 Å². The molecule has 0 aliphatic carbocycles. The SMILES string of the molecule is CCCNC(C1=CCCO1)c1cc(F)ccc1Br. The number of ether oxygens (including phenoxy) is 1. The fourth-order valence-electron chi connectivity index (χ4n) is 2.03. The van der Waals surface area contributed by atoms with Crippen molar-refractivity contribution in [3.63, 3.8) is 0 Å². The molecule has 0 amide bonds. The van der Waals surface area contributed by atoms with Crippen molar-refractivity contribution in [2.75, 3.05) is 13.2 Å². The van der Waals surface area contributed by atoms with Crippen molar-refractivity contribution in [1.29, 1.82) is 0 Å². The van der Waals surface area contributed by atoms with Crippen LogP contribution in [-0.4, -0.2) is 13.2 Å². The standard InChI is InChI=1S/C14H17BrFNO/c1-2-7-17-14(13-4-3-8-18-13)11-9-10(16)5-6-12(11)15/h4-6,9,14,17H,2-3,7-8H2,1H3. The van der Waals surface area contributed by atoms with Crippen LogP contribution in [0.15, 0.2) is 34.5 Å². The van der Waals surface area contributed by atoms with E-state index in [2.05, 4.69) is 34.2 Å². The predicted octanol–water partition coefficient (Wildman–Crippen LogP) is 3.93. The van der Waals surface area contributed by atoms with Gasteiger partial charge in [-0.05, 0) is 42.8 Å². The molecule has 18 heavy (non-hydrogen) atoms. The fraction of sp³-hybridized carbons (Fsp3) is 0.429. The molecular weight excluding hydrogens is 297 g/mol. The van der Waals surface area contributed by atoms with Crippen LogP contribution in [0.1, 0.15) is 31.4 Å². The Morgan fingerprint density at radius 3 is 3.00 bits per heavy atom. The molecule has 1 N–H and O–H groups in total. The topological polar surface area (TPSA) is 21.3 Å². The highest BCUT2D eigenvalue weighted by molar-refractivity contribution is 9.10. The van der Waals surface area contributed by atoms with Crippen LogP contribution in [0.3, 0.4) is 0 Å². The molecule has 0 aromatic heterocycles. The molecule has 4 heteroatoms. The Bertz CT molecular complexity index is 447. The van der Waals surface area contributed by atoms with E-state index in [1.54, 1.807) is 12.1 Å². The molecule has 98 valence electrons. The van der Waals surface area contributed by atoms with Crippen molar-refractivity contribution in [2.24, 2.45) is 0 Å². The summed E-state index contributed by atoms with van der Waals surface area (Å²) >= 11 is 3.48. The van der Waals surface area contributed by atoms with Gasteiger partial charge in [-0.1, -0.05) is 22.9 Å². The van der Waals surface area contributed by atoms with Crippen molar-refractivity contribution < 1.29 is 9.13 Å². The Hall–Kier alpha value is -0.870. The fourth-order valence-corrected chi connectivity index (χ4v) is 2.50. The molecule has 1 aliphatic rings. The van der Waals surface area contributed by atoms with Gasteiger partial charge in [0.2, 0.25) is 0 Å². The molecule has 0 spiro atoms.